The molecule has 0 fully saturated rings. The molecule has 0 bridgehead atoms. The third-order valence-corrected chi connectivity index (χ3v) is 8.24. The molecule has 5 aromatic rings. The van der Waals surface area contributed by atoms with E-state index in [2.05, 4.69) is 59.9 Å². The van der Waals surface area contributed by atoms with Crippen molar-refractivity contribution in [2.45, 2.75) is 38.5 Å². The number of thiophene rings is 1. The van der Waals surface area contributed by atoms with Gasteiger partial charge in [0.1, 0.15) is 5.00 Å². The minimum atomic E-state index is -0.0609. The smallest absolute Gasteiger partial charge is 0.259 e. The predicted molar refractivity (Wildman–Crippen MR) is 153 cm³/mol. The van der Waals surface area contributed by atoms with Crippen LogP contribution in [0.3, 0.4) is 0 Å². The lowest BCUT2D eigenvalue weighted by molar-refractivity contribution is 0.102. The molecular weight excluding hydrogens is 460 g/mol. The van der Waals surface area contributed by atoms with E-state index in [1.807, 2.05) is 36.5 Å². The van der Waals surface area contributed by atoms with Crippen LogP contribution in [0.15, 0.2) is 89.9 Å². The van der Waals surface area contributed by atoms with Crippen molar-refractivity contribution in [2.75, 3.05) is 5.32 Å². The van der Waals surface area contributed by atoms with Crippen LogP contribution >= 0.6 is 11.3 Å². The highest BCUT2D eigenvalue weighted by Gasteiger charge is 2.24. The number of hydrogen-bond acceptors (Lipinski definition) is 3. The van der Waals surface area contributed by atoms with E-state index in [4.69, 9.17) is 4.99 Å². The van der Waals surface area contributed by atoms with Gasteiger partial charge in [0.2, 0.25) is 0 Å². The summed E-state index contributed by atoms with van der Waals surface area (Å²) < 4.78 is 0. The molecule has 0 aliphatic heterocycles. The van der Waals surface area contributed by atoms with Crippen LogP contribution in [0.5, 0.6) is 0 Å². The lowest BCUT2D eigenvalue weighted by Crippen LogP contribution is -2.14. The maximum absolute atomic E-state index is 13.6. The Bertz CT molecular complexity index is 1530. The first-order chi connectivity index (χ1) is 17.8. The number of amides is 1. The number of carbonyl (C=O) groups excluding carboxylic acids is 1. The predicted octanol–water partition coefficient (Wildman–Crippen LogP) is 8.72. The van der Waals surface area contributed by atoms with Gasteiger partial charge in [-0.2, -0.15) is 0 Å². The van der Waals surface area contributed by atoms with Crippen LogP contribution in [0.2, 0.25) is 0 Å². The normalized spacial score (nSPS) is 14.0. The standard InChI is InChI=1S/C32H28N2OS/c35-31(34-24-14-4-3-5-15-24)30-27-18-6-1-2-7-19-29(27)36-32(30)33-21-28-25-16-10-8-12-22(25)20-23-13-9-11-17-26(23)28/h3-5,8-17,20-21H,1-2,6-7,18-19H2,(H,34,35). The second-order valence-corrected chi connectivity index (χ2v) is 10.5. The molecule has 0 radical (unpaired) electrons. The summed E-state index contributed by atoms with van der Waals surface area (Å²) in [6.45, 7) is 0. The third kappa shape index (κ3) is 4.45. The van der Waals surface area contributed by atoms with E-state index < -0.39 is 0 Å². The van der Waals surface area contributed by atoms with Crippen molar-refractivity contribution in [3.63, 3.8) is 0 Å². The van der Waals surface area contributed by atoms with Crippen LogP contribution in [-0.2, 0) is 12.8 Å². The maximum atomic E-state index is 13.6. The molecule has 1 aliphatic carbocycles. The van der Waals surface area contributed by atoms with E-state index in [-0.39, 0.29) is 5.91 Å². The number of hydrogen-bond donors (Lipinski definition) is 1. The second kappa shape index (κ2) is 10.1. The van der Waals surface area contributed by atoms with E-state index in [9.17, 15) is 4.79 Å². The Morgan fingerprint density at radius 3 is 2.14 bits per heavy atom. The van der Waals surface area contributed by atoms with Crippen LogP contribution < -0.4 is 5.32 Å². The SMILES string of the molecule is O=C(Nc1ccccc1)c1c(N=Cc2c3ccccc3cc3ccccc23)sc2c1CCCCCC2. The van der Waals surface area contributed by atoms with E-state index in [1.165, 1.54) is 51.2 Å². The molecule has 1 heterocycles. The molecule has 0 atom stereocenters. The molecule has 6 rings (SSSR count). The van der Waals surface area contributed by atoms with Gasteiger partial charge >= 0.3 is 0 Å². The first kappa shape index (κ1) is 22.7. The molecule has 36 heavy (non-hydrogen) atoms. The zero-order valence-corrected chi connectivity index (χ0v) is 21.0. The molecule has 0 saturated carbocycles. The van der Waals surface area contributed by atoms with Gasteiger partial charge in [-0.15, -0.1) is 11.3 Å². The molecule has 1 aliphatic rings. The van der Waals surface area contributed by atoms with Crippen molar-refractivity contribution >= 4 is 55.7 Å². The molecule has 0 unspecified atom stereocenters. The van der Waals surface area contributed by atoms with Gasteiger partial charge in [-0.05, 0) is 71.0 Å². The van der Waals surface area contributed by atoms with Crippen molar-refractivity contribution in [3.05, 3.63) is 106 Å². The Kier molecular flexibility index (Phi) is 6.35. The number of benzene rings is 4. The fraction of sp³-hybridized carbons (Fsp3) is 0.188. The highest BCUT2D eigenvalue weighted by molar-refractivity contribution is 7.16. The van der Waals surface area contributed by atoms with Crippen LogP contribution in [-0.4, -0.2) is 12.1 Å². The summed E-state index contributed by atoms with van der Waals surface area (Å²) in [5, 5.41) is 8.66. The Labute approximate surface area is 215 Å². The fourth-order valence-corrected chi connectivity index (χ4v) is 6.49. The number of fused-ring (bicyclic) bond motifs is 3. The van der Waals surface area contributed by atoms with Crippen LogP contribution in [0.4, 0.5) is 10.7 Å². The van der Waals surface area contributed by atoms with Crippen molar-refractivity contribution in [2.24, 2.45) is 4.99 Å². The van der Waals surface area contributed by atoms with Crippen molar-refractivity contribution < 1.29 is 4.79 Å². The lowest BCUT2D eigenvalue weighted by Gasteiger charge is -2.12. The minimum absolute atomic E-state index is 0.0609. The Balaban J connectivity index is 1.48. The van der Waals surface area contributed by atoms with Gasteiger partial charge in [0.05, 0.1) is 5.56 Å². The number of para-hydroxylation sites is 1. The summed E-state index contributed by atoms with van der Waals surface area (Å²) in [5.41, 5.74) is 3.85. The molecule has 0 spiro atoms. The quantitative estimate of drug-likeness (QED) is 0.199. The maximum Gasteiger partial charge on any atom is 0.259 e. The second-order valence-electron chi connectivity index (χ2n) is 9.41. The van der Waals surface area contributed by atoms with Crippen molar-refractivity contribution in [1.29, 1.82) is 0 Å². The lowest BCUT2D eigenvalue weighted by atomic mass is 9.96. The topological polar surface area (TPSA) is 41.5 Å². The van der Waals surface area contributed by atoms with Gasteiger partial charge in [-0.25, -0.2) is 4.99 Å². The van der Waals surface area contributed by atoms with E-state index in [1.54, 1.807) is 11.3 Å². The van der Waals surface area contributed by atoms with Gasteiger partial charge in [0.15, 0.2) is 0 Å². The molecule has 1 aromatic heterocycles. The van der Waals surface area contributed by atoms with Gasteiger partial charge in [0.25, 0.3) is 5.91 Å². The third-order valence-electron chi connectivity index (χ3n) is 7.04. The number of nitrogens with one attached hydrogen (secondary N) is 1. The molecule has 1 amide bonds. The van der Waals surface area contributed by atoms with E-state index >= 15 is 0 Å². The summed E-state index contributed by atoms with van der Waals surface area (Å²) in [4.78, 5) is 20.0. The molecule has 4 aromatic carbocycles. The highest BCUT2D eigenvalue weighted by atomic mass is 32.1. The average molecular weight is 489 g/mol. The Hall–Kier alpha value is -3.76. The van der Waals surface area contributed by atoms with Crippen LogP contribution in [0, 0.1) is 0 Å². The van der Waals surface area contributed by atoms with Gasteiger partial charge < -0.3 is 5.32 Å². The largest absolute Gasteiger partial charge is 0.322 e. The summed E-state index contributed by atoms with van der Waals surface area (Å²) in [7, 11) is 0. The first-order valence-electron chi connectivity index (χ1n) is 12.7. The molecule has 3 nitrogen and oxygen atoms in total. The molecule has 178 valence electrons. The summed E-state index contributed by atoms with van der Waals surface area (Å²) >= 11 is 1.69. The van der Waals surface area contributed by atoms with Crippen LogP contribution in [0.25, 0.3) is 21.5 Å². The molecular formula is C32H28N2OS. The van der Waals surface area contributed by atoms with Crippen LogP contribution in [0.1, 0.15) is 52.0 Å². The molecule has 4 heteroatoms. The van der Waals surface area contributed by atoms with E-state index in [0.29, 0.717) is 0 Å². The van der Waals surface area contributed by atoms with Gasteiger partial charge in [-0.1, -0.05) is 79.6 Å². The molecule has 0 saturated heterocycles. The van der Waals surface area contributed by atoms with Gasteiger partial charge in [0, 0.05) is 22.3 Å². The summed E-state index contributed by atoms with van der Waals surface area (Å²) in [6, 6.07) is 28.8. The zero-order chi connectivity index (χ0) is 24.3. The summed E-state index contributed by atoms with van der Waals surface area (Å²) in [6.07, 6.45) is 8.70. The average Bonchev–Trinajstić information content (AvgIpc) is 3.23. The van der Waals surface area contributed by atoms with Gasteiger partial charge in [-0.3, -0.25) is 4.79 Å². The monoisotopic (exact) mass is 488 g/mol. The highest BCUT2D eigenvalue weighted by Crippen LogP contribution is 2.40. The number of nitrogens with zero attached hydrogens (tertiary/aromatic N) is 1. The van der Waals surface area contributed by atoms with E-state index in [0.717, 1.165) is 41.1 Å². The Morgan fingerprint density at radius 2 is 1.42 bits per heavy atom. The van der Waals surface area contributed by atoms with Crippen molar-refractivity contribution in [1.82, 2.24) is 0 Å². The number of aliphatic imine (C=N–C) groups is 1. The fourth-order valence-electron chi connectivity index (χ4n) is 5.26. The minimum Gasteiger partial charge on any atom is -0.322 e. The molecule has 1 N–H and O–H groups in total. The Morgan fingerprint density at radius 1 is 0.778 bits per heavy atom. The number of aryl methyl sites for hydroxylation is 1. The van der Waals surface area contributed by atoms with Crippen molar-refractivity contribution in [3.8, 4) is 0 Å². The first-order valence-corrected chi connectivity index (χ1v) is 13.5. The number of rotatable bonds is 4. The zero-order valence-electron chi connectivity index (χ0n) is 20.2. The number of carbonyl (C=O) groups is 1. The summed E-state index contributed by atoms with van der Waals surface area (Å²) in [5.74, 6) is -0.0609. The number of anilines is 1.